The van der Waals surface area contributed by atoms with Crippen molar-refractivity contribution in [3.8, 4) is 22.8 Å². The number of aryl methyl sites for hydroxylation is 1. The van der Waals surface area contributed by atoms with E-state index in [1.54, 1.807) is 13.3 Å². The molecular weight excluding hydrogens is 214 g/mol. The molecule has 2 aromatic rings. The van der Waals surface area contributed by atoms with Gasteiger partial charge >= 0.3 is 0 Å². The van der Waals surface area contributed by atoms with Gasteiger partial charge in [0.1, 0.15) is 5.75 Å². The van der Waals surface area contributed by atoms with E-state index in [1.165, 1.54) is 5.56 Å². The number of hydrogen-bond acceptors (Lipinski definition) is 3. The van der Waals surface area contributed by atoms with Crippen molar-refractivity contribution >= 4 is 0 Å². The number of phenolic OH excluding ortho intramolecular Hbond substituents is 1. The molecule has 3 rings (SSSR count). The summed E-state index contributed by atoms with van der Waals surface area (Å²) in [5, 5.41) is 10.2. The van der Waals surface area contributed by atoms with E-state index >= 15 is 0 Å². The fourth-order valence-corrected chi connectivity index (χ4v) is 2.20. The fraction of sp³-hybridized carbons (Fsp3) is 0.214. The molecule has 1 aromatic heterocycles. The Morgan fingerprint density at radius 2 is 2.12 bits per heavy atom. The van der Waals surface area contributed by atoms with Gasteiger partial charge in [0, 0.05) is 17.8 Å². The highest BCUT2D eigenvalue weighted by molar-refractivity contribution is 5.74. The van der Waals surface area contributed by atoms with Gasteiger partial charge in [0.2, 0.25) is 5.88 Å². The zero-order chi connectivity index (χ0) is 11.8. The van der Waals surface area contributed by atoms with Crippen LogP contribution in [0.15, 0.2) is 30.5 Å². The average molecular weight is 227 g/mol. The van der Waals surface area contributed by atoms with Crippen LogP contribution in [0.25, 0.3) is 11.1 Å². The van der Waals surface area contributed by atoms with Crippen LogP contribution >= 0.6 is 0 Å². The zero-order valence-electron chi connectivity index (χ0n) is 9.60. The van der Waals surface area contributed by atoms with Gasteiger partial charge in [-0.15, -0.1) is 0 Å². The second-order valence-electron chi connectivity index (χ2n) is 4.19. The summed E-state index contributed by atoms with van der Waals surface area (Å²) in [5.74, 6) is 0.964. The van der Waals surface area contributed by atoms with E-state index in [0.717, 1.165) is 29.5 Å². The van der Waals surface area contributed by atoms with Crippen molar-refractivity contribution in [1.29, 1.82) is 0 Å². The summed E-state index contributed by atoms with van der Waals surface area (Å²) in [4.78, 5) is 4.06. The van der Waals surface area contributed by atoms with Crippen LogP contribution in [0.1, 0.15) is 11.1 Å². The Morgan fingerprint density at radius 3 is 2.82 bits per heavy atom. The van der Waals surface area contributed by atoms with Crippen molar-refractivity contribution in [3.63, 3.8) is 0 Å². The molecule has 0 saturated heterocycles. The molecule has 0 atom stereocenters. The monoisotopic (exact) mass is 227 g/mol. The first-order chi connectivity index (χ1) is 8.29. The number of hydrogen-bond donors (Lipinski definition) is 1. The van der Waals surface area contributed by atoms with Crippen LogP contribution < -0.4 is 4.74 Å². The van der Waals surface area contributed by atoms with Gasteiger partial charge in [0.25, 0.3) is 0 Å². The molecule has 3 nitrogen and oxygen atoms in total. The van der Waals surface area contributed by atoms with Gasteiger partial charge in [0.05, 0.1) is 7.11 Å². The lowest BCUT2D eigenvalue weighted by Gasteiger charge is -2.21. The van der Waals surface area contributed by atoms with Gasteiger partial charge in [-0.05, 0) is 35.6 Å². The summed E-state index contributed by atoms with van der Waals surface area (Å²) in [5.41, 5.74) is 4.12. The highest BCUT2D eigenvalue weighted by Gasteiger charge is 2.20. The van der Waals surface area contributed by atoms with Crippen LogP contribution in [-0.2, 0) is 12.8 Å². The van der Waals surface area contributed by atoms with Crippen molar-refractivity contribution in [2.45, 2.75) is 12.8 Å². The van der Waals surface area contributed by atoms with E-state index in [9.17, 15) is 5.11 Å². The van der Waals surface area contributed by atoms with E-state index in [-0.39, 0.29) is 0 Å². The summed E-state index contributed by atoms with van der Waals surface area (Å²) in [6, 6.07) is 7.76. The highest BCUT2D eigenvalue weighted by Crippen LogP contribution is 2.39. The maximum Gasteiger partial charge on any atom is 0.213 e. The van der Waals surface area contributed by atoms with Gasteiger partial charge in [-0.25, -0.2) is 4.98 Å². The Bertz CT molecular complexity index is 578. The molecule has 0 aliphatic heterocycles. The number of nitrogens with zero attached hydrogens (tertiary/aromatic N) is 1. The molecule has 17 heavy (non-hydrogen) atoms. The van der Waals surface area contributed by atoms with Gasteiger partial charge in [-0.1, -0.05) is 12.1 Å². The molecule has 0 bridgehead atoms. The molecule has 1 heterocycles. The first-order valence-electron chi connectivity index (χ1n) is 5.63. The van der Waals surface area contributed by atoms with Crippen LogP contribution in [0.4, 0.5) is 0 Å². The van der Waals surface area contributed by atoms with Crippen molar-refractivity contribution < 1.29 is 9.84 Å². The molecule has 86 valence electrons. The van der Waals surface area contributed by atoms with Crippen LogP contribution in [0.5, 0.6) is 11.6 Å². The molecule has 0 saturated carbocycles. The third kappa shape index (κ3) is 1.55. The minimum atomic E-state index is 0.405. The first kappa shape index (κ1) is 10.1. The maximum absolute atomic E-state index is 10.2. The number of pyridine rings is 1. The minimum Gasteiger partial charge on any atom is -0.507 e. The molecule has 1 aromatic carbocycles. The lowest BCUT2D eigenvalue weighted by molar-refractivity contribution is 0.398. The van der Waals surface area contributed by atoms with Crippen LogP contribution in [0.3, 0.4) is 0 Å². The molecule has 1 N–H and O–H groups in total. The van der Waals surface area contributed by atoms with Gasteiger partial charge < -0.3 is 9.84 Å². The molecule has 0 radical (unpaired) electrons. The van der Waals surface area contributed by atoms with Crippen molar-refractivity contribution in [2.75, 3.05) is 7.11 Å². The standard InChI is InChI=1S/C14H13NO2/c1-17-13-8-10(6-7-15-13)12-5-3-9-2-4-11(9)14(12)16/h3,5-8,16H,2,4H2,1H3. The molecule has 1 aliphatic carbocycles. The highest BCUT2D eigenvalue weighted by atomic mass is 16.5. The SMILES string of the molecule is COc1cc(-c2ccc3c(c2O)CC3)ccn1. The molecule has 0 amide bonds. The number of phenols is 1. The van der Waals surface area contributed by atoms with E-state index in [0.29, 0.717) is 11.6 Å². The van der Waals surface area contributed by atoms with Crippen molar-refractivity contribution in [2.24, 2.45) is 0 Å². The number of fused-ring (bicyclic) bond motifs is 1. The van der Waals surface area contributed by atoms with Crippen molar-refractivity contribution in [1.82, 2.24) is 4.98 Å². The quantitative estimate of drug-likeness (QED) is 0.857. The lowest BCUT2D eigenvalue weighted by atomic mass is 9.85. The summed E-state index contributed by atoms with van der Waals surface area (Å²) in [7, 11) is 1.59. The normalized spacial score (nSPS) is 12.8. The Kier molecular flexibility index (Phi) is 2.25. The minimum absolute atomic E-state index is 0.405. The number of rotatable bonds is 2. The number of aromatic nitrogens is 1. The zero-order valence-corrected chi connectivity index (χ0v) is 9.60. The summed E-state index contributed by atoms with van der Waals surface area (Å²) in [6.45, 7) is 0. The Labute approximate surface area is 99.7 Å². The van der Waals surface area contributed by atoms with E-state index in [1.807, 2.05) is 18.2 Å². The smallest absolute Gasteiger partial charge is 0.213 e. The van der Waals surface area contributed by atoms with E-state index < -0.39 is 0 Å². The number of aromatic hydroxyl groups is 1. The molecule has 0 unspecified atom stereocenters. The molecule has 1 aliphatic rings. The van der Waals surface area contributed by atoms with Crippen molar-refractivity contribution in [3.05, 3.63) is 41.6 Å². The number of methoxy groups -OCH3 is 1. The molecule has 3 heteroatoms. The second kappa shape index (κ2) is 3.77. The fourth-order valence-electron chi connectivity index (χ4n) is 2.20. The predicted molar refractivity (Wildman–Crippen MR) is 65.3 cm³/mol. The summed E-state index contributed by atoms with van der Waals surface area (Å²) < 4.78 is 5.09. The Hall–Kier alpha value is -2.03. The Morgan fingerprint density at radius 1 is 1.24 bits per heavy atom. The van der Waals surface area contributed by atoms with Crippen LogP contribution in [0.2, 0.25) is 0 Å². The first-order valence-corrected chi connectivity index (χ1v) is 5.63. The maximum atomic E-state index is 10.2. The van der Waals surface area contributed by atoms with Crippen LogP contribution in [0, 0.1) is 0 Å². The van der Waals surface area contributed by atoms with Gasteiger partial charge in [-0.3, -0.25) is 0 Å². The van der Waals surface area contributed by atoms with E-state index in [2.05, 4.69) is 11.1 Å². The third-order valence-corrected chi connectivity index (χ3v) is 3.28. The van der Waals surface area contributed by atoms with Crippen LogP contribution in [-0.4, -0.2) is 17.2 Å². The third-order valence-electron chi connectivity index (χ3n) is 3.28. The van der Waals surface area contributed by atoms with E-state index in [4.69, 9.17) is 4.74 Å². The Balaban J connectivity index is 2.12. The lowest BCUT2D eigenvalue weighted by Crippen LogP contribution is -2.08. The van der Waals surface area contributed by atoms with Gasteiger partial charge in [-0.2, -0.15) is 0 Å². The summed E-state index contributed by atoms with van der Waals surface area (Å²) in [6.07, 6.45) is 3.73. The summed E-state index contributed by atoms with van der Waals surface area (Å²) >= 11 is 0. The predicted octanol–water partition coefficient (Wildman–Crippen LogP) is 2.56. The number of benzene rings is 1. The molecular formula is C14H13NO2. The van der Waals surface area contributed by atoms with Gasteiger partial charge in [0.15, 0.2) is 0 Å². The average Bonchev–Trinajstić information content (AvgIpc) is 2.31. The molecule has 0 fully saturated rings. The second-order valence-corrected chi connectivity index (χ2v) is 4.19. The number of ether oxygens (including phenoxy) is 1. The topological polar surface area (TPSA) is 42.4 Å². The molecule has 0 spiro atoms. The largest absolute Gasteiger partial charge is 0.507 e.